The van der Waals surface area contributed by atoms with Crippen LogP contribution in [-0.4, -0.2) is 23.9 Å². The summed E-state index contributed by atoms with van der Waals surface area (Å²) in [7, 11) is -4.71. The first-order valence-electron chi connectivity index (χ1n) is 8.19. The maximum absolute atomic E-state index is 11.8. The Morgan fingerprint density at radius 1 is 1.04 bits per heavy atom. The van der Waals surface area contributed by atoms with E-state index in [0.29, 0.717) is 27.8 Å². The normalized spacial score (nSPS) is 15.7. The molecule has 7 heteroatoms. The number of phenolic OH excluding ortho intramolecular Hbond substituents is 1. The van der Waals surface area contributed by atoms with E-state index in [2.05, 4.69) is 0 Å². The summed E-state index contributed by atoms with van der Waals surface area (Å²) in [4.78, 5) is 11.5. The summed E-state index contributed by atoms with van der Waals surface area (Å²) in [6, 6.07) is 10.8. The van der Waals surface area contributed by atoms with Gasteiger partial charge in [0.25, 0.3) is 0 Å². The van der Waals surface area contributed by atoms with Gasteiger partial charge in [0.2, 0.25) is 0 Å². The average Bonchev–Trinajstić information content (AvgIpc) is 2.61. The van der Waals surface area contributed by atoms with E-state index in [4.69, 9.17) is 0 Å². The third kappa shape index (κ3) is 4.12. The molecule has 1 aliphatic carbocycles. The zero-order valence-corrected chi connectivity index (χ0v) is 16.6. The van der Waals surface area contributed by atoms with Crippen molar-refractivity contribution in [3.8, 4) is 5.75 Å². The van der Waals surface area contributed by atoms with Gasteiger partial charge in [-0.3, -0.25) is 4.79 Å². The van der Waals surface area contributed by atoms with Crippen molar-refractivity contribution < 1.29 is 22.9 Å². The van der Waals surface area contributed by atoms with Crippen LogP contribution in [-0.2, 0) is 14.9 Å². The molecule has 0 amide bonds. The highest BCUT2D eigenvalue weighted by atomic mass is 32.2. The summed E-state index contributed by atoms with van der Waals surface area (Å²) in [5.74, 6) is -0.0290. The zero-order chi connectivity index (χ0) is 19.8. The number of quaternary nitrogens is 1. The molecule has 0 aliphatic heterocycles. The van der Waals surface area contributed by atoms with E-state index in [9.17, 15) is 22.9 Å². The van der Waals surface area contributed by atoms with Crippen LogP contribution in [0.1, 0.15) is 23.6 Å². The van der Waals surface area contributed by atoms with Gasteiger partial charge >= 0.3 is 0 Å². The molecule has 0 spiro atoms. The third-order valence-corrected chi connectivity index (χ3v) is 5.27. The molecular weight excluding hydrogens is 378 g/mol. The zero-order valence-electron chi connectivity index (χ0n) is 15.8. The molecule has 0 heterocycles. The van der Waals surface area contributed by atoms with E-state index in [1.807, 2.05) is 0 Å². The molecule has 28 heavy (non-hydrogen) atoms. The number of hydrogen-bond donors (Lipinski definition) is 2. The van der Waals surface area contributed by atoms with Crippen molar-refractivity contribution >= 4 is 21.5 Å². The molecule has 3 rings (SSSR count). The molecule has 0 atom stereocenters. The van der Waals surface area contributed by atoms with Crippen molar-refractivity contribution in [1.29, 1.82) is 0 Å². The fourth-order valence-corrected chi connectivity index (χ4v) is 3.67. The summed E-state index contributed by atoms with van der Waals surface area (Å²) in [5.41, 5.74) is 3.08. The van der Waals surface area contributed by atoms with Gasteiger partial charge in [-0.1, -0.05) is 30.3 Å². The second kappa shape index (κ2) is 7.93. The van der Waals surface area contributed by atoms with Gasteiger partial charge in [-0.15, -0.1) is 0 Å². The summed E-state index contributed by atoms with van der Waals surface area (Å²) >= 11 is 0. The lowest BCUT2D eigenvalue weighted by Crippen LogP contribution is -2.06. The van der Waals surface area contributed by atoms with Crippen molar-refractivity contribution in [3.05, 3.63) is 88.5 Å². The Hall–Kier alpha value is -3.00. The summed E-state index contributed by atoms with van der Waals surface area (Å²) in [5, 5.41) is 9.83. The molecule has 2 aromatic carbocycles. The smallest absolute Gasteiger partial charge is 0.181 e. The van der Waals surface area contributed by atoms with Gasteiger partial charge in [0.15, 0.2) is 5.78 Å². The molecule has 0 bridgehead atoms. The van der Waals surface area contributed by atoms with Gasteiger partial charge in [-0.05, 0) is 72.0 Å². The molecule has 2 aromatic rings. The van der Waals surface area contributed by atoms with Gasteiger partial charge in [-0.25, -0.2) is 8.42 Å². The third-order valence-electron chi connectivity index (χ3n) is 4.37. The number of carbonyl (C=O) groups is 1. The van der Waals surface area contributed by atoms with Crippen molar-refractivity contribution in [3.63, 3.8) is 0 Å². The lowest BCUT2D eigenvalue weighted by atomic mass is 9.88. The fourth-order valence-electron chi connectivity index (χ4n) is 2.98. The van der Waals surface area contributed by atoms with Crippen LogP contribution in [0.2, 0.25) is 0 Å². The van der Waals surface area contributed by atoms with Crippen molar-refractivity contribution in [1.82, 2.24) is 6.15 Å². The van der Waals surface area contributed by atoms with Gasteiger partial charge < -0.3 is 15.8 Å². The van der Waals surface area contributed by atoms with Gasteiger partial charge in [0.05, 0.1) is 4.90 Å². The van der Waals surface area contributed by atoms with Crippen molar-refractivity contribution in [2.24, 2.45) is 0 Å². The Bertz CT molecular complexity index is 1140. The quantitative estimate of drug-likeness (QED) is 0.756. The summed E-state index contributed by atoms with van der Waals surface area (Å²) in [6.45, 7) is 3.39. The number of carbonyl (C=O) groups excluding carboxylic acids is 1. The summed E-state index contributed by atoms with van der Waals surface area (Å²) < 4.78 is 35.4. The monoisotopic (exact) mass is 399 g/mol. The standard InChI is InChI=1S/C21H18O5S.H3N/c1-13-11-15(7-9-18(13)22)21(16-8-10-19(23)14(2)12-16)17-5-3-4-6-20(17)27(24,25)26;/h3-12,22H,1-2H3,(H,24,25,26);1H3/b21-16-;. The molecule has 5 N–H and O–H groups in total. The van der Waals surface area contributed by atoms with Crippen LogP contribution in [0.5, 0.6) is 5.75 Å². The second-order valence-corrected chi connectivity index (χ2v) is 7.65. The minimum absolute atomic E-state index is 0. The number of aromatic hydroxyl groups is 1. The Balaban J connectivity index is 0.00000280. The van der Waals surface area contributed by atoms with Crippen LogP contribution in [0.4, 0.5) is 0 Å². The number of rotatable bonds is 3. The molecule has 0 unspecified atom stereocenters. The summed E-state index contributed by atoms with van der Waals surface area (Å²) in [6.07, 6.45) is 4.67. The van der Waals surface area contributed by atoms with E-state index in [0.717, 1.165) is 0 Å². The fraction of sp³-hybridized carbons (Fsp3) is 0.0952. The maximum Gasteiger partial charge on any atom is 0.181 e. The Morgan fingerprint density at radius 3 is 2.32 bits per heavy atom. The van der Waals surface area contributed by atoms with Crippen LogP contribution in [0, 0.1) is 6.92 Å². The molecule has 0 saturated carbocycles. The van der Waals surface area contributed by atoms with Crippen LogP contribution >= 0.6 is 0 Å². The molecule has 0 radical (unpaired) electrons. The van der Waals surface area contributed by atoms with Gasteiger partial charge in [-0.2, -0.15) is 0 Å². The van der Waals surface area contributed by atoms with Crippen LogP contribution in [0.25, 0.3) is 5.57 Å². The van der Waals surface area contributed by atoms with E-state index in [1.165, 1.54) is 24.3 Å². The number of benzene rings is 2. The molecular formula is C21H21NO5S. The van der Waals surface area contributed by atoms with E-state index >= 15 is 0 Å². The predicted molar refractivity (Wildman–Crippen MR) is 107 cm³/mol. The lowest BCUT2D eigenvalue weighted by Gasteiger charge is -2.19. The predicted octanol–water partition coefficient (Wildman–Crippen LogP) is 3.87. The molecule has 0 fully saturated rings. The Labute approximate surface area is 163 Å². The van der Waals surface area contributed by atoms with E-state index in [1.54, 1.807) is 50.3 Å². The highest BCUT2D eigenvalue weighted by Crippen LogP contribution is 2.35. The second-order valence-electron chi connectivity index (χ2n) is 6.31. The molecule has 0 aromatic heterocycles. The Kier molecular flexibility index (Phi) is 6.04. The van der Waals surface area contributed by atoms with Gasteiger partial charge in [0, 0.05) is 5.56 Å². The van der Waals surface area contributed by atoms with Crippen LogP contribution in [0.15, 0.2) is 76.7 Å². The largest absolute Gasteiger partial charge is 0.744 e. The van der Waals surface area contributed by atoms with Crippen LogP contribution < -0.4 is 6.15 Å². The number of allylic oxidation sites excluding steroid dienone is 5. The molecule has 146 valence electrons. The topological polar surface area (TPSA) is 131 Å². The lowest BCUT2D eigenvalue weighted by molar-refractivity contribution is -0.111. The first kappa shape index (κ1) is 21.3. The number of phenols is 1. The first-order valence-corrected chi connectivity index (χ1v) is 9.59. The molecule has 6 nitrogen and oxygen atoms in total. The minimum Gasteiger partial charge on any atom is -0.744 e. The Morgan fingerprint density at radius 2 is 1.71 bits per heavy atom. The number of aryl methyl sites for hydroxylation is 1. The molecule has 1 aliphatic rings. The SMILES string of the molecule is CC1=C/C(=C(/c2ccc(O)c(C)c2)c2ccccc2S(=O)(=O)[O-])C=CC1=O.[NH4+]. The van der Waals surface area contributed by atoms with Gasteiger partial charge in [0.1, 0.15) is 15.9 Å². The van der Waals surface area contributed by atoms with Crippen LogP contribution in [0.3, 0.4) is 0 Å². The average molecular weight is 399 g/mol. The van der Waals surface area contributed by atoms with E-state index < -0.39 is 10.1 Å². The number of ketones is 1. The van der Waals surface area contributed by atoms with Crippen molar-refractivity contribution in [2.75, 3.05) is 0 Å². The van der Waals surface area contributed by atoms with Crippen molar-refractivity contribution in [2.45, 2.75) is 18.7 Å². The van der Waals surface area contributed by atoms with E-state index in [-0.39, 0.29) is 28.1 Å². The number of hydrogen-bond acceptors (Lipinski definition) is 5. The maximum atomic E-state index is 11.8. The minimum atomic E-state index is -4.71. The first-order chi connectivity index (χ1) is 12.7. The highest BCUT2D eigenvalue weighted by molar-refractivity contribution is 7.85. The molecule has 0 saturated heterocycles. The highest BCUT2D eigenvalue weighted by Gasteiger charge is 2.19.